The molecule has 0 amide bonds. The first-order chi connectivity index (χ1) is 12.6. The number of piperidine rings is 2. The molecule has 2 heterocycles. The predicted molar refractivity (Wildman–Crippen MR) is 114 cm³/mol. The zero-order chi connectivity index (χ0) is 20.1. The van der Waals surface area contributed by atoms with Crippen molar-refractivity contribution in [3.05, 3.63) is 0 Å². The lowest BCUT2D eigenvalue weighted by atomic mass is 10.0. The van der Waals surface area contributed by atoms with Gasteiger partial charge in [-0.05, 0) is 39.2 Å². The lowest BCUT2D eigenvalue weighted by Gasteiger charge is -2.34. The van der Waals surface area contributed by atoms with Crippen LogP contribution < -0.4 is 10.6 Å². The van der Waals surface area contributed by atoms with Gasteiger partial charge in [-0.25, -0.2) is 8.42 Å². The summed E-state index contributed by atoms with van der Waals surface area (Å²) in [5, 5.41) is 6.42. The SMILES string of the molecule is CN=C(NCCN1CCCCC1C)NC1CCN(S(=O)(=O)C(F)(F)F)CC1.I. The van der Waals surface area contributed by atoms with Crippen molar-refractivity contribution in [2.75, 3.05) is 39.8 Å². The summed E-state index contributed by atoms with van der Waals surface area (Å²) in [6.07, 6.45) is 4.32. The van der Waals surface area contributed by atoms with Gasteiger partial charge in [0.1, 0.15) is 0 Å². The highest BCUT2D eigenvalue weighted by Gasteiger charge is 2.50. The van der Waals surface area contributed by atoms with Crippen LogP contribution in [0.4, 0.5) is 13.2 Å². The van der Waals surface area contributed by atoms with E-state index in [0.717, 1.165) is 19.6 Å². The summed E-state index contributed by atoms with van der Waals surface area (Å²) >= 11 is 0. The van der Waals surface area contributed by atoms with E-state index in [1.54, 1.807) is 7.05 Å². The Balaban J connectivity index is 0.00000392. The van der Waals surface area contributed by atoms with E-state index in [0.29, 0.717) is 29.1 Å². The molecular weight excluding hydrogens is 510 g/mol. The van der Waals surface area contributed by atoms with Crippen molar-refractivity contribution < 1.29 is 21.6 Å². The quantitative estimate of drug-likeness (QED) is 0.316. The van der Waals surface area contributed by atoms with Gasteiger partial charge in [0.05, 0.1) is 0 Å². The molecule has 0 aromatic rings. The van der Waals surface area contributed by atoms with Crippen LogP contribution in [0.25, 0.3) is 0 Å². The monoisotopic (exact) mass is 541 g/mol. The van der Waals surface area contributed by atoms with Gasteiger partial charge < -0.3 is 10.6 Å². The van der Waals surface area contributed by atoms with Crippen molar-refractivity contribution in [1.29, 1.82) is 0 Å². The van der Waals surface area contributed by atoms with Gasteiger partial charge in [0.2, 0.25) is 0 Å². The minimum atomic E-state index is -5.24. The summed E-state index contributed by atoms with van der Waals surface area (Å²) in [6, 6.07) is 0.472. The number of alkyl halides is 3. The molecule has 2 aliphatic heterocycles. The Morgan fingerprint density at radius 1 is 1.14 bits per heavy atom. The second-order valence-corrected chi connectivity index (χ2v) is 9.08. The summed E-state index contributed by atoms with van der Waals surface area (Å²) in [5.41, 5.74) is -5.24. The van der Waals surface area contributed by atoms with Crippen molar-refractivity contribution in [2.24, 2.45) is 4.99 Å². The topological polar surface area (TPSA) is 77.0 Å². The molecular formula is C16H31F3IN5O2S. The number of hydrogen-bond acceptors (Lipinski definition) is 4. The van der Waals surface area contributed by atoms with Gasteiger partial charge in [0, 0.05) is 45.3 Å². The molecule has 2 fully saturated rings. The summed E-state index contributed by atoms with van der Waals surface area (Å²) in [5.74, 6) is 0.594. The molecule has 12 heteroatoms. The number of sulfonamides is 1. The van der Waals surface area contributed by atoms with Gasteiger partial charge >= 0.3 is 15.5 Å². The second kappa shape index (κ2) is 11.2. The Hall–Kier alpha value is -0.340. The number of hydrogen-bond donors (Lipinski definition) is 2. The number of rotatable bonds is 5. The van der Waals surface area contributed by atoms with E-state index in [1.807, 2.05) is 0 Å². The number of nitrogens with one attached hydrogen (secondary N) is 2. The molecule has 0 aliphatic carbocycles. The maximum Gasteiger partial charge on any atom is 0.511 e. The Morgan fingerprint density at radius 3 is 2.32 bits per heavy atom. The van der Waals surface area contributed by atoms with Gasteiger partial charge in [0.15, 0.2) is 5.96 Å². The fraction of sp³-hybridized carbons (Fsp3) is 0.938. The second-order valence-electron chi connectivity index (χ2n) is 7.15. The predicted octanol–water partition coefficient (Wildman–Crippen LogP) is 1.96. The van der Waals surface area contributed by atoms with E-state index in [-0.39, 0.29) is 43.1 Å². The van der Waals surface area contributed by atoms with Crippen LogP contribution in [0.3, 0.4) is 0 Å². The minimum Gasteiger partial charge on any atom is -0.355 e. The Bertz CT molecular complexity index is 610. The molecule has 166 valence electrons. The maximum absolute atomic E-state index is 12.6. The van der Waals surface area contributed by atoms with E-state index in [4.69, 9.17) is 0 Å². The molecule has 2 rings (SSSR count). The summed E-state index contributed by atoms with van der Waals surface area (Å²) in [4.78, 5) is 6.59. The number of aliphatic imine (C=N–C) groups is 1. The third-order valence-electron chi connectivity index (χ3n) is 5.28. The minimum absolute atomic E-state index is 0. The van der Waals surface area contributed by atoms with E-state index in [9.17, 15) is 21.6 Å². The van der Waals surface area contributed by atoms with Crippen LogP contribution in [0.5, 0.6) is 0 Å². The van der Waals surface area contributed by atoms with Crippen molar-refractivity contribution in [3.8, 4) is 0 Å². The Morgan fingerprint density at radius 2 is 1.79 bits per heavy atom. The summed E-state index contributed by atoms with van der Waals surface area (Å²) in [7, 11) is -3.59. The van der Waals surface area contributed by atoms with Crippen LogP contribution in [-0.2, 0) is 10.0 Å². The number of halogens is 4. The Labute approximate surface area is 182 Å². The highest BCUT2D eigenvalue weighted by Crippen LogP contribution is 2.28. The third-order valence-corrected chi connectivity index (χ3v) is 6.91. The van der Waals surface area contributed by atoms with Gasteiger partial charge in [-0.15, -0.1) is 24.0 Å². The lowest BCUT2D eigenvalue weighted by molar-refractivity contribution is -0.0494. The van der Waals surface area contributed by atoms with Crippen LogP contribution in [0, 0.1) is 0 Å². The molecule has 7 nitrogen and oxygen atoms in total. The first-order valence-corrected chi connectivity index (χ1v) is 10.9. The molecule has 28 heavy (non-hydrogen) atoms. The first-order valence-electron chi connectivity index (χ1n) is 9.43. The largest absolute Gasteiger partial charge is 0.511 e. The van der Waals surface area contributed by atoms with Crippen LogP contribution in [0.1, 0.15) is 39.0 Å². The van der Waals surface area contributed by atoms with Crippen LogP contribution >= 0.6 is 24.0 Å². The van der Waals surface area contributed by atoms with Gasteiger partial charge in [-0.3, -0.25) is 9.89 Å². The van der Waals surface area contributed by atoms with Crippen molar-refractivity contribution in [2.45, 2.75) is 56.6 Å². The molecule has 2 aliphatic rings. The Kier molecular flexibility index (Phi) is 10.2. The standard InChI is InChI=1S/C16H30F3N5O2S.HI/c1-13-5-3-4-9-23(13)12-8-21-15(20-2)22-14-6-10-24(11-7-14)27(25,26)16(17,18)19;/h13-14H,3-12H2,1-2H3,(H2,20,21,22);1H. The van der Waals surface area contributed by atoms with E-state index < -0.39 is 15.5 Å². The number of guanidine groups is 1. The maximum atomic E-state index is 12.6. The van der Waals surface area contributed by atoms with Gasteiger partial charge in [0.25, 0.3) is 0 Å². The van der Waals surface area contributed by atoms with Crippen LogP contribution in [0.15, 0.2) is 4.99 Å². The van der Waals surface area contributed by atoms with Crippen LogP contribution in [-0.4, -0.2) is 80.9 Å². The molecule has 0 radical (unpaired) electrons. The van der Waals surface area contributed by atoms with E-state index in [1.165, 1.54) is 19.3 Å². The van der Waals surface area contributed by atoms with Crippen LogP contribution in [0.2, 0.25) is 0 Å². The average Bonchev–Trinajstić information content (AvgIpc) is 2.62. The smallest absolute Gasteiger partial charge is 0.355 e. The molecule has 2 N–H and O–H groups in total. The normalized spacial score (nSPS) is 23.9. The molecule has 0 aromatic heterocycles. The molecule has 0 saturated carbocycles. The molecule has 2 saturated heterocycles. The molecule has 1 unspecified atom stereocenters. The molecule has 0 bridgehead atoms. The van der Waals surface area contributed by atoms with Crippen molar-refractivity contribution >= 4 is 40.0 Å². The fourth-order valence-corrected chi connectivity index (χ4v) is 4.57. The van der Waals surface area contributed by atoms with Crippen molar-refractivity contribution in [1.82, 2.24) is 19.8 Å². The van der Waals surface area contributed by atoms with E-state index in [2.05, 4.69) is 27.4 Å². The zero-order valence-electron chi connectivity index (χ0n) is 16.3. The average molecular weight is 541 g/mol. The van der Waals surface area contributed by atoms with Crippen molar-refractivity contribution in [3.63, 3.8) is 0 Å². The van der Waals surface area contributed by atoms with Gasteiger partial charge in [-0.1, -0.05) is 6.42 Å². The highest BCUT2D eigenvalue weighted by atomic mass is 127. The number of nitrogens with zero attached hydrogens (tertiary/aromatic N) is 3. The van der Waals surface area contributed by atoms with Gasteiger partial charge in [-0.2, -0.15) is 17.5 Å². The lowest BCUT2D eigenvalue weighted by Crippen LogP contribution is -2.52. The first kappa shape index (κ1) is 25.7. The highest BCUT2D eigenvalue weighted by molar-refractivity contribution is 14.0. The van der Waals surface area contributed by atoms with E-state index >= 15 is 0 Å². The molecule has 0 spiro atoms. The molecule has 1 atom stereocenters. The zero-order valence-corrected chi connectivity index (χ0v) is 19.5. The molecule has 0 aromatic carbocycles. The number of likely N-dealkylation sites (tertiary alicyclic amines) is 1. The fourth-order valence-electron chi connectivity index (χ4n) is 3.58. The summed E-state index contributed by atoms with van der Waals surface area (Å²) < 4.78 is 61.3. The third kappa shape index (κ3) is 6.87. The summed E-state index contributed by atoms with van der Waals surface area (Å²) in [6.45, 7) is 4.66.